The molecule has 3 aromatic carbocycles. The fourth-order valence-electron chi connectivity index (χ4n) is 6.50. The average Bonchev–Trinajstić information content (AvgIpc) is 3.51. The number of nitrogens with zero attached hydrogens (tertiary/aromatic N) is 3. The second-order valence-electron chi connectivity index (χ2n) is 11.2. The van der Waals surface area contributed by atoms with Crippen LogP contribution >= 0.6 is 0 Å². The van der Waals surface area contributed by atoms with Gasteiger partial charge in [0, 0.05) is 49.2 Å². The third kappa shape index (κ3) is 4.45. The van der Waals surface area contributed by atoms with Crippen LogP contribution in [0.3, 0.4) is 0 Å². The number of carbonyl (C=O) groups is 3. The zero-order chi connectivity index (χ0) is 28.8. The van der Waals surface area contributed by atoms with E-state index in [-0.39, 0.29) is 11.8 Å². The molecule has 4 heterocycles. The average molecular weight is 564 g/mol. The van der Waals surface area contributed by atoms with Gasteiger partial charge in [-0.3, -0.25) is 19.4 Å². The van der Waals surface area contributed by atoms with Crippen molar-refractivity contribution in [3.05, 3.63) is 101 Å². The number of ether oxygens (including phenoxy) is 1. The van der Waals surface area contributed by atoms with Gasteiger partial charge in [-0.05, 0) is 36.2 Å². The van der Waals surface area contributed by atoms with Crippen LogP contribution in [0.2, 0.25) is 0 Å². The number of anilines is 1. The number of aromatic amines is 1. The Kier molecular flexibility index (Phi) is 6.76. The Morgan fingerprint density at radius 2 is 1.71 bits per heavy atom. The van der Waals surface area contributed by atoms with E-state index in [1.807, 2.05) is 49.4 Å². The van der Waals surface area contributed by atoms with Crippen molar-refractivity contribution in [2.75, 3.05) is 44.3 Å². The first-order chi connectivity index (χ1) is 20.5. The highest BCUT2D eigenvalue weighted by molar-refractivity contribution is 6.24. The molecule has 3 aliphatic heterocycles. The molecule has 0 spiro atoms. The largest absolute Gasteiger partial charge is 0.379 e. The van der Waals surface area contributed by atoms with Gasteiger partial charge in [-0.15, -0.1) is 0 Å². The number of fused-ring (bicyclic) bond motifs is 4. The predicted octanol–water partition coefficient (Wildman–Crippen LogP) is 4.02. The summed E-state index contributed by atoms with van der Waals surface area (Å²) in [6.45, 7) is 6.24. The van der Waals surface area contributed by atoms with Crippen molar-refractivity contribution in [2.45, 2.75) is 25.4 Å². The number of amides is 4. The fraction of sp³-hybridized carbons (Fsp3) is 0.303. The SMILES string of the molecule is Cc1ccc([C@@H]2c3[nH]c4ccccc4c3C[C@H]3C(=O)N(c4ccccc4C(=O)NCCN4CCOCC4)C(=O)N23)cc1. The van der Waals surface area contributed by atoms with Crippen molar-refractivity contribution < 1.29 is 19.1 Å². The van der Waals surface area contributed by atoms with Gasteiger partial charge in [-0.2, -0.15) is 0 Å². The molecule has 0 aliphatic carbocycles. The molecule has 214 valence electrons. The number of nitrogens with one attached hydrogen (secondary N) is 2. The van der Waals surface area contributed by atoms with Gasteiger partial charge in [-0.1, -0.05) is 60.2 Å². The minimum Gasteiger partial charge on any atom is -0.379 e. The Hall–Kier alpha value is -4.47. The lowest BCUT2D eigenvalue weighted by Crippen LogP contribution is -2.44. The van der Waals surface area contributed by atoms with E-state index in [4.69, 9.17) is 4.74 Å². The quantitative estimate of drug-likeness (QED) is 0.346. The molecule has 1 aromatic heterocycles. The number of aryl methyl sites for hydroxylation is 1. The van der Waals surface area contributed by atoms with Crippen LogP contribution in [0.25, 0.3) is 10.9 Å². The van der Waals surface area contributed by atoms with Crippen molar-refractivity contribution in [2.24, 2.45) is 0 Å². The van der Waals surface area contributed by atoms with Crippen LogP contribution in [-0.2, 0) is 16.0 Å². The summed E-state index contributed by atoms with van der Waals surface area (Å²) in [5.74, 6) is -0.628. The topological polar surface area (TPSA) is 98.0 Å². The molecule has 2 saturated heterocycles. The van der Waals surface area contributed by atoms with E-state index in [1.165, 1.54) is 4.90 Å². The number of hydrogen-bond donors (Lipinski definition) is 2. The Labute approximate surface area is 244 Å². The van der Waals surface area contributed by atoms with Gasteiger partial charge in [0.25, 0.3) is 11.8 Å². The number of para-hydroxylation sites is 2. The molecule has 0 saturated carbocycles. The van der Waals surface area contributed by atoms with Gasteiger partial charge in [0.05, 0.1) is 24.5 Å². The Bertz CT molecular complexity index is 1670. The van der Waals surface area contributed by atoms with Crippen LogP contribution in [0.4, 0.5) is 10.5 Å². The predicted molar refractivity (Wildman–Crippen MR) is 160 cm³/mol. The highest BCUT2D eigenvalue weighted by atomic mass is 16.5. The van der Waals surface area contributed by atoms with Gasteiger partial charge in [-0.25, -0.2) is 9.69 Å². The van der Waals surface area contributed by atoms with Gasteiger partial charge < -0.3 is 15.0 Å². The van der Waals surface area contributed by atoms with E-state index in [0.29, 0.717) is 44.0 Å². The molecular weight excluding hydrogens is 530 g/mol. The normalized spacial score (nSPS) is 20.6. The van der Waals surface area contributed by atoms with E-state index in [0.717, 1.165) is 46.4 Å². The molecule has 2 N–H and O–H groups in total. The number of rotatable bonds is 6. The summed E-state index contributed by atoms with van der Waals surface area (Å²) in [6, 6.07) is 21.4. The van der Waals surface area contributed by atoms with Crippen LogP contribution in [0.1, 0.15) is 38.8 Å². The van der Waals surface area contributed by atoms with Crippen molar-refractivity contribution in [1.29, 1.82) is 0 Å². The lowest BCUT2D eigenvalue weighted by Gasteiger charge is -2.36. The minimum atomic E-state index is -0.687. The Morgan fingerprint density at radius 1 is 0.976 bits per heavy atom. The molecule has 3 aliphatic rings. The van der Waals surface area contributed by atoms with Crippen LogP contribution < -0.4 is 10.2 Å². The third-order valence-electron chi connectivity index (χ3n) is 8.65. The third-order valence-corrected chi connectivity index (χ3v) is 8.65. The maximum atomic E-state index is 14.3. The standard InChI is InChI=1S/C33H33N5O4/c1-21-10-12-22(13-11-21)30-29-25(23-6-2-4-8-26(23)35-29)20-28-32(40)38(33(41)37(28)30)27-9-5-3-7-24(27)31(39)34-14-15-36-16-18-42-19-17-36/h2-13,28,30,35H,14-20H2,1H3,(H,34,39)/t28-,30+/m0/s1. The number of carbonyl (C=O) groups excluding carboxylic acids is 3. The molecule has 2 atom stereocenters. The molecule has 0 unspecified atom stereocenters. The fourth-order valence-corrected chi connectivity index (χ4v) is 6.50. The highest BCUT2D eigenvalue weighted by Crippen LogP contribution is 2.45. The first-order valence-electron chi connectivity index (χ1n) is 14.5. The second-order valence-corrected chi connectivity index (χ2v) is 11.2. The molecule has 0 radical (unpaired) electrons. The van der Waals surface area contributed by atoms with Gasteiger partial charge in [0.2, 0.25) is 0 Å². The molecule has 9 nitrogen and oxygen atoms in total. The van der Waals surface area contributed by atoms with Crippen LogP contribution in [0, 0.1) is 6.92 Å². The van der Waals surface area contributed by atoms with Gasteiger partial charge in [0.1, 0.15) is 12.1 Å². The first-order valence-corrected chi connectivity index (χ1v) is 14.5. The number of hydrogen-bond acceptors (Lipinski definition) is 5. The van der Waals surface area contributed by atoms with E-state index in [2.05, 4.69) is 21.3 Å². The first kappa shape index (κ1) is 26.4. The number of H-pyrrole nitrogens is 1. The lowest BCUT2D eigenvalue weighted by atomic mass is 9.88. The van der Waals surface area contributed by atoms with Crippen LogP contribution in [0.15, 0.2) is 72.8 Å². The number of benzene rings is 3. The smallest absolute Gasteiger partial charge is 0.332 e. The maximum absolute atomic E-state index is 14.3. The molecule has 4 amide bonds. The molecule has 0 bridgehead atoms. The van der Waals surface area contributed by atoms with Crippen molar-refractivity contribution in [1.82, 2.24) is 20.1 Å². The highest BCUT2D eigenvalue weighted by Gasteiger charge is 2.53. The monoisotopic (exact) mass is 563 g/mol. The molecule has 2 fully saturated rings. The summed E-state index contributed by atoms with van der Waals surface area (Å²) in [5, 5.41) is 4.04. The molecule has 42 heavy (non-hydrogen) atoms. The minimum absolute atomic E-state index is 0.303. The Morgan fingerprint density at radius 3 is 2.52 bits per heavy atom. The van der Waals surface area contributed by atoms with E-state index in [1.54, 1.807) is 29.2 Å². The molecule has 4 aromatic rings. The Balaban J connectivity index is 1.23. The van der Waals surface area contributed by atoms with Crippen molar-refractivity contribution in [3.8, 4) is 0 Å². The zero-order valence-electron chi connectivity index (χ0n) is 23.5. The van der Waals surface area contributed by atoms with Gasteiger partial charge >= 0.3 is 6.03 Å². The van der Waals surface area contributed by atoms with Crippen molar-refractivity contribution >= 4 is 34.4 Å². The number of aromatic nitrogens is 1. The number of urea groups is 1. The summed E-state index contributed by atoms with van der Waals surface area (Å²) in [4.78, 5) is 50.5. The van der Waals surface area contributed by atoms with Crippen LogP contribution in [0.5, 0.6) is 0 Å². The maximum Gasteiger partial charge on any atom is 0.332 e. The summed E-state index contributed by atoms with van der Waals surface area (Å²) < 4.78 is 5.40. The molecule has 9 heteroatoms. The van der Waals surface area contributed by atoms with E-state index >= 15 is 0 Å². The number of morpholine rings is 1. The van der Waals surface area contributed by atoms with E-state index in [9.17, 15) is 14.4 Å². The summed E-state index contributed by atoms with van der Waals surface area (Å²) in [5.41, 5.74) is 5.61. The lowest BCUT2D eigenvalue weighted by molar-refractivity contribution is -0.120. The van der Waals surface area contributed by atoms with E-state index < -0.39 is 18.1 Å². The zero-order valence-corrected chi connectivity index (χ0v) is 23.5. The summed E-state index contributed by atoms with van der Waals surface area (Å²) >= 11 is 0. The van der Waals surface area contributed by atoms with Crippen molar-refractivity contribution in [3.63, 3.8) is 0 Å². The second kappa shape index (κ2) is 10.7. The number of imide groups is 1. The molecule has 7 rings (SSSR count). The summed E-state index contributed by atoms with van der Waals surface area (Å²) in [7, 11) is 0. The van der Waals surface area contributed by atoms with Gasteiger partial charge in [0.15, 0.2) is 0 Å². The summed E-state index contributed by atoms with van der Waals surface area (Å²) in [6.07, 6.45) is 0.399. The molecular formula is C33H33N5O4. The van der Waals surface area contributed by atoms with Crippen LogP contribution in [-0.4, -0.2) is 78.1 Å².